The Bertz CT molecular complexity index is 990. The number of aliphatic imine (C=N–C) groups is 3. The van der Waals surface area contributed by atoms with Crippen LogP contribution < -0.4 is 5.32 Å². The second-order valence-electron chi connectivity index (χ2n) is 6.66. The van der Waals surface area contributed by atoms with Gasteiger partial charge in [-0.3, -0.25) is 19.7 Å². The predicted octanol–water partition coefficient (Wildman–Crippen LogP) is 3.55. The minimum Gasteiger partial charge on any atom is -0.333 e. The first kappa shape index (κ1) is 26.5. The molecule has 0 spiro atoms. The number of carbonyl (C=O) groups is 1. The molecule has 170 valence electrons. The van der Waals surface area contributed by atoms with E-state index in [9.17, 15) is 13.2 Å². The average molecular weight is 468 g/mol. The Labute approximate surface area is 189 Å². The zero-order valence-electron chi connectivity index (χ0n) is 18.6. The molecule has 1 rings (SSSR count). The van der Waals surface area contributed by atoms with Crippen molar-refractivity contribution in [1.82, 2.24) is 10.2 Å². The summed E-state index contributed by atoms with van der Waals surface area (Å²) >= 11 is 5.87. The number of allylic oxidation sites excluding steroid dienone is 3. The molecule has 0 bridgehead atoms. The molecule has 8 nitrogen and oxygen atoms in total. The molecule has 1 fully saturated rings. The number of amidine groups is 2. The van der Waals surface area contributed by atoms with Crippen molar-refractivity contribution in [2.75, 3.05) is 12.3 Å². The number of rotatable bonds is 9. The molecule has 0 aromatic carbocycles. The highest BCUT2D eigenvalue weighted by Crippen LogP contribution is 2.18. The van der Waals surface area contributed by atoms with E-state index in [1.54, 1.807) is 26.8 Å². The standard InChI is InChI=1S/C21H30ClN5O3S/c1-8-15(6)27-20(25-16(7)22)18(10-3)26-19(21(27)28)24-12-14(5)23-13-17(9-2)31(29,30)11-4/h9-10,13,15H,5,7-8,11-12H2,1-4,6H3,(H,24,26)/b17-9+,18-10+,23-13?,25-20+/t15-/m1/s1. The van der Waals surface area contributed by atoms with Crippen LogP contribution in [0.5, 0.6) is 0 Å². The van der Waals surface area contributed by atoms with Gasteiger partial charge in [-0.1, -0.05) is 50.8 Å². The fourth-order valence-corrected chi connectivity index (χ4v) is 3.56. The predicted molar refractivity (Wildman–Crippen MR) is 129 cm³/mol. The maximum Gasteiger partial charge on any atom is 0.295 e. The molecule has 1 aliphatic heterocycles. The minimum atomic E-state index is -3.37. The van der Waals surface area contributed by atoms with Gasteiger partial charge in [0.15, 0.2) is 21.5 Å². The van der Waals surface area contributed by atoms with Gasteiger partial charge in [0.2, 0.25) is 0 Å². The second kappa shape index (κ2) is 11.8. The van der Waals surface area contributed by atoms with E-state index in [1.807, 2.05) is 13.8 Å². The van der Waals surface area contributed by atoms with Crippen LogP contribution in [0, 0.1) is 0 Å². The Morgan fingerprint density at radius 3 is 2.42 bits per heavy atom. The monoisotopic (exact) mass is 467 g/mol. The number of nitrogens with zero attached hydrogens (tertiary/aromatic N) is 4. The first-order valence-electron chi connectivity index (χ1n) is 9.87. The SMILES string of the molecule is C=C(CN=C1NC(=C/C)/C(=N\C(=C)Cl)N([C@H](C)CC)C1=O)N=C/C(=C\C)S(=O)(=O)CC. The van der Waals surface area contributed by atoms with Crippen LogP contribution in [-0.4, -0.2) is 55.5 Å². The summed E-state index contributed by atoms with van der Waals surface area (Å²) in [6.07, 6.45) is 5.18. The van der Waals surface area contributed by atoms with E-state index in [0.29, 0.717) is 23.7 Å². The van der Waals surface area contributed by atoms with Gasteiger partial charge in [-0.25, -0.2) is 13.4 Å². The molecule has 1 atom stereocenters. The van der Waals surface area contributed by atoms with Crippen molar-refractivity contribution in [3.8, 4) is 0 Å². The number of hydrogen-bond donors (Lipinski definition) is 1. The van der Waals surface area contributed by atoms with Crippen LogP contribution in [0.1, 0.15) is 41.0 Å². The Morgan fingerprint density at radius 1 is 1.29 bits per heavy atom. The molecular formula is C21H30ClN5O3S. The van der Waals surface area contributed by atoms with Gasteiger partial charge in [-0.15, -0.1) is 0 Å². The summed E-state index contributed by atoms with van der Waals surface area (Å²) in [7, 11) is -3.37. The molecule has 0 aliphatic carbocycles. The van der Waals surface area contributed by atoms with E-state index in [-0.39, 0.29) is 40.1 Å². The number of amides is 1. The third kappa shape index (κ3) is 7.00. The zero-order chi connectivity index (χ0) is 23.8. The Kier molecular flexibility index (Phi) is 10.1. The highest BCUT2D eigenvalue weighted by atomic mass is 35.5. The fourth-order valence-electron chi connectivity index (χ4n) is 2.57. The van der Waals surface area contributed by atoms with E-state index < -0.39 is 9.84 Å². The number of piperazine rings is 1. The molecule has 0 radical (unpaired) electrons. The van der Waals surface area contributed by atoms with Crippen molar-refractivity contribution in [2.24, 2.45) is 15.0 Å². The quantitative estimate of drug-likeness (QED) is 0.413. The summed E-state index contributed by atoms with van der Waals surface area (Å²) in [5, 5.41) is 3.03. The Balaban J connectivity index is 3.17. The number of halogens is 1. The third-order valence-corrected chi connectivity index (χ3v) is 6.41. The lowest BCUT2D eigenvalue weighted by atomic mass is 10.1. The first-order chi connectivity index (χ1) is 14.5. The van der Waals surface area contributed by atoms with Crippen LogP contribution in [0.4, 0.5) is 0 Å². The normalized spacial score (nSPS) is 20.6. The fraction of sp³-hybridized carbons (Fsp3) is 0.429. The van der Waals surface area contributed by atoms with Gasteiger partial charge in [0.1, 0.15) is 5.16 Å². The Morgan fingerprint density at radius 2 is 1.94 bits per heavy atom. The summed E-state index contributed by atoms with van der Waals surface area (Å²) in [5.41, 5.74) is 0.873. The van der Waals surface area contributed by atoms with E-state index >= 15 is 0 Å². The summed E-state index contributed by atoms with van der Waals surface area (Å²) in [6, 6.07) is -0.151. The molecule has 0 aromatic rings. The molecule has 31 heavy (non-hydrogen) atoms. The number of hydrogen-bond acceptors (Lipinski definition) is 6. The van der Waals surface area contributed by atoms with E-state index in [1.165, 1.54) is 17.2 Å². The van der Waals surface area contributed by atoms with Crippen molar-refractivity contribution in [1.29, 1.82) is 0 Å². The van der Waals surface area contributed by atoms with Crippen molar-refractivity contribution >= 4 is 45.2 Å². The highest BCUT2D eigenvalue weighted by Gasteiger charge is 2.35. The van der Waals surface area contributed by atoms with E-state index in [4.69, 9.17) is 11.6 Å². The lowest BCUT2D eigenvalue weighted by Crippen LogP contribution is -2.57. The van der Waals surface area contributed by atoms with Crippen molar-refractivity contribution in [3.05, 3.63) is 46.8 Å². The number of sulfone groups is 1. The molecule has 10 heteroatoms. The van der Waals surface area contributed by atoms with Crippen LogP contribution in [0.2, 0.25) is 0 Å². The van der Waals surface area contributed by atoms with Gasteiger partial charge in [-0.05, 0) is 27.2 Å². The van der Waals surface area contributed by atoms with Crippen molar-refractivity contribution in [2.45, 2.75) is 47.1 Å². The van der Waals surface area contributed by atoms with Crippen molar-refractivity contribution < 1.29 is 13.2 Å². The average Bonchev–Trinajstić information content (AvgIpc) is 2.72. The molecule has 1 heterocycles. The van der Waals surface area contributed by atoms with Gasteiger partial charge in [0, 0.05) is 12.3 Å². The molecular weight excluding hydrogens is 438 g/mol. The summed E-state index contributed by atoms with van der Waals surface area (Å²) in [6.45, 7) is 16.2. The molecule has 1 saturated heterocycles. The summed E-state index contributed by atoms with van der Waals surface area (Å²) < 4.78 is 24.0. The van der Waals surface area contributed by atoms with E-state index in [2.05, 4.69) is 33.5 Å². The first-order valence-corrected chi connectivity index (χ1v) is 11.9. The van der Waals surface area contributed by atoms with Gasteiger partial charge in [0.05, 0.1) is 28.6 Å². The second-order valence-corrected chi connectivity index (χ2v) is 9.37. The summed E-state index contributed by atoms with van der Waals surface area (Å²) in [5.74, 6) is 0.0924. The zero-order valence-corrected chi connectivity index (χ0v) is 20.2. The van der Waals surface area contributed by atoms with Crippen LogP contribution in [0.15, 0.2) is 61.7 Å². The van der Waals surface area contributed by atoms with Crippen LogP contribution in [0.3, 0.4) is 0 Å². The molecule has 1 amide bonds. The minimum absolute atomic E-state index is 0.00771. The molecule has 0 aromatic heterocycles. The van der Waals surface area contributed by atoms with Gasteiger partial charge >= 0.3 is 0 Å². The smallest absolute Gasteiger partial charge is 0.295 e. The molecule has 1 aliphatic rings. The lowest BCUT2D eigenvalue weighted by molar-refractivity contribution is -0.122. The van der Waals surface area contributed by atoms with Gasteiger partial charge in [-0.2, -0.15) is 0 Å². The highest BCUT2D eigenvalue weighted by molar-refractivity contribution is 7.96. The van der Waals surface area contributed by atoms with Crippen LogP contribution in [0.25, 0.3) is 0 Å². The molecule has 1 N–H and O–H groups in total. The number of carbonyl (C=O) groups excluding carboxylic acids is 1. The topological polar surface area (TPSA) is 104 Å². The summed E-state index contributed by atoms with van der Waals surface area (Å²) in [4.78, 5) is 27.3. The van der Waals surface area contributed by atoms with Gasteiger partial charge in [0.25, 0.3) is 5.91 Å². The van der Waals surface area contributed by atoms with Crippen molar-refractivity contribution in [3.63, 3.8) is 0 Å². The molecule has 0 unspecified atom stereocenters. The maximum atomic E-state index is 13.1. The maximum absolute atomic E-state index is 13.1. The van der Waals surface area contributed by atoms with Crippen LogP contribution >= 0.6 is 11.6 Å². The third-order valence-electron chi connectivity index (χ3n) is 4.51. The van der Waals surface area contributed by atoms with E-state index in [0.717, 1.165) is 0 Å². The number of nitrogens with one attached hydrogen (secondary N) is 1. The largest absolute Gasteiger partial charge is 0.333 e. The molecule has 0 saturated carbocycles. The Hall–Kier alpha value is -2.52. The van der Waals surface area contributed by atoms with Crippen LogP contribution in [-0.2, 0) is 14.6 Å². The lowest BCUT2D eigenvalue weighted by Gasteiger charge is -2.35. The van der Waals surface area contributed by atoms with Gasteiger partial charge < -0.3 is 5.32 Å².